The van der Waals surface area contributed by atoms with Gasteiger partial charge in [0.05, 0.1) is 11.3 Å². The van der Waals surface area contributed by atoms with Crippen LogP contribution in [-0.2, 0) is 7.05 Å². The summed E-state index contributed by atoms with van der Waals surface area (Å²) in [7, 11) is 1.63. The first-order valence-corrected chi connectivity index (χ1v) is 11.3. The SMILES string of the molecule is Cc1cc(F)ccc1C(CC(=NO)c1ccc(=O)n(C)c1)c1ccc(-c2ccc(C(=O)O)cc2)cc1. The number of hydrogen-bond donors (Lipinski definition) is 2. The molecule has 182 valence electrons. The van der Waals surface area contributed by atoms with Gasteiger partial charge in [0.2, 0.25) is 5.56 Å². The molecule has 0 aliphatic rings. The van der Waals surface area contributed by atoms with E-state index in [4.69, 9.17) is 5.11 Å². The van der Waals surface area contributed by atoms with Crippen molar-refractivity contribution in [3.05, 3.63) is 129 Å². The number of nitrogens with zero attached hydrogens (tertiary/aromatic N) is 2. The molecule has 6 nitrogen and oxygen atoms in total. The maximum atomic E-state index is 13.9. The molecule has 36 heavy (non-hydrogen) atoms. The van der Waals surface area contributed by atoms with Crippen LogP contribution in [0.3, 0.4) is 0 Å². The van der Waals surface area contributed by atoms with Crippen molar-refractivity contribution in [1.82, 2.24) is 4.57 Å². The van der Waals surface area contributed by atoms with Gasteiger partial charge in [-0.3, -0.25) is 4.79 Å². The molecule has 0 aliphatic carbocycles. The number of carboxylic acids is 1. The van der Waals surface area contributed by atoms with Crippen molar-refractivity contribution in [1.29, 1.82) is 0 Å². The highest BCUT2D eigenvalue weighted by Gasteiger charge is 2.21. The van der Waals surface area contributed by atoms with Gasteiger partial charge in [-0.1, -0.05) is 47.6 Å². The number of benzene rings is 3. The third-order valence-electron chi connectivity index (χ3n) is 6.32. The first-order valence-electron chi connectivity index (χ1n) is 11.3. The second-order valence-electron chi connectivity index (χ2n) is 8.68. The van der Waals surface area contributed by atoms with E-state index in [-0.39, 0.29) is 22.9 Å². The lowest BCUT2D eigenvalue weighted by atomic mass is 9.83. The average molecular weight is 485 g/mol. The summed E-state index contributed by atoms with van der Waals surface area (Å²) in [6, 6.07) is 22.1. The van der Waals surface area contributed by atoms with Crippen molar-refractivity contribution < 1.29 is 19.5 Å². The Balaban J connectivity index is 1.72. The largest absolute Gasteiger partial charge is 0.478 e. The van der Waals surface area contributed by atoms with Crippen molar-refractivity contribution in [2.24, 2.45) is 12.2 Å². The molecule has 0 bridgehead atoms. The molecule has 4 aromatic rings. The molecule has 1 aromatic heterocycles. The molecule has 0 saturated heterocycles. The Kier molecular flexibility index (Phi) is 7.10. The molecule has 2 N–H and O–H groups in total. The van der Waals surface area contributed by atoms with Gasteiger partial charge in [0.1, 0.15) is 5.82 Å². The molecule has 0 radical (unpaired) electrons. The highest BCUT2D eigenvalue weighted by molar-refractivity contribution is 6.00. The summed E-state index contributed by atoms with van der Waals surface area (Å²) in [5, 5.41) is 22.5. The number of aryl methyl sites for hydroxylation is 2. The lowest BCUT2D eigenvalue weighted by molar-refractivity contribution is 0.0697. The maximum Gasteiger partial charge on any atom is 0.335 e. The minimum absolute atomic E-state index is 0.172. The van der Waals surface area contributed by atoms with Gasteiger partial charge in [0.15, 0.2) is 0 Å². The zero-order valence-corrected chi connectivity index (χ0v) is 19.9. The number of aromatic nitrogens is 1. The minimum atomic E-state index is -0.978. The number of pyridine rings is 1. The summed E-state index contributed by atoms with van der Waals surface area (Å²) in [5.74, 6) is -1.56. The predicted octanol–water partition coefficient (Wildman–Crippen LogP) is 5.60. The number of rotatable bonds is 7. The van der Waals surface area contributed by atoms with E-state index in [2.05, 4.69) is 5.16 Å². The highest BCUT2D eigenvalue weighted by atomic mass is 19.1. The molecule has 1 heterocycles. The number of aromatic carboxylic acids is 1. The van der Waals surface area contributed by atoms with E-state index in [0.717, 1.165) is 27.8 Å². The molecule has 0 spiro atoms. The van der Waals surface area contributed by atoms with Crippen LogP contribution in [0.4, 0.5) is 4.39 Å². The van der Waals surface area contributed by atoms with Crippen LogP contribution in [0.5, 0.6) is 0 Å². The Morgan fingerprint density at radius 1 is 0.944 bits per heavy atom. The Morgan fingerprint density at radius 3 is 2.11 bits per heavy atom. The van der Waals surface area contributed by atoms with E-state index >= 15 is 0 Å². The van der Waals surface area contributed by atoms with Gasteiger partial charge in [0.25, 0.3) is 0 Å². The maximum absolute atomic E-state index is 13.9. The first kappa shape index (κ1) is 24.6. The van der Waals surface area contributed by atoms with E-state index in [0.29, 0.717) is 17.7 Å². The zero-order valence-electron chi connectivity index (χ0n) is 19.9. The summed E-state index contributed by atoms with van der Waals surface area (Å²) in [6.45, 7) is 1.84. The van der Waals surface area contributed by atoms with Crippen molar-refractivity contribution in [2.45, 2.75) is 19.3 Å². The fourth-order valence-corrected chi connectivity index (χ4v) is 4.32. The molecular formula is C29H25FN2O4. The number of carbonyl (C=O) groups is 1. The number of carboxylic acid groups (broad SMARTS) is 1. The zero-order chi connectivity index (χ0) is 25.8. The van der Waals surface area contributed by atoms with Crippen LogP contribution in [0, 0.1) is 12.7 Å². The van der Waals surface area contributed by atoms with E-state index in [1.54, 1.807) is 49.6 Å². The van der Waals surface area contributed by atoms with Crippen LogP contribution in [0.15, 0.2) is 95.0 Å². The Hall–Kier alpha value is -4.52. The molecule has 0 saturated carbocycles. The molecule has 0 fully saturated rings. The lowest BCUT2D eigenvalue weighted by Crippen LogP contribution is -2.18. The molecule has 3 aromatic carbocycles. The molecule has 4 rings (SSSR count). The number of halogens is 1. The second kappa shape index (κ2) is 10.4. The molecule has 0 amide bonds. The van der Waals surface area contributed by atoms with Gasteiger partial charge in [-0.15, -0.1) is 0 Å². The molecule has 0 aliphatic heterocycles. The highest BCUT2D eigenvalue weighted by Crippen LogP contribution is 2.33. The van der Waals surface area contributed by atoms with E-state index in [9.17, 15) is 19.2 Å². The van der Waals surface area contributed by atoms with Crippen LogP contribution in [0.1, 0.15) is 45.0 Å². The third-order valence-corrected chi connectivity index (χ3v) is 6.32. The standard InChI is InChI=1S/C29H25FN2O4/c1-18-15-24(30)12-13-25(18)26(16-27(31-36)23-11-14-28(33)32(2)17-23)21-7-3-19(4-8-21)20-5-9-22(10-6-20)29(34)35/h3-15,17,26,36H,16H2,1-2H3,(H,34,35). The van der Waals surface area contributed by atoms with Crippen LogP contribution in [0.2, 0.25) is 0 Å². The topological polar surface area (TPSA) is 91.9 Å². The summed E-state index contributed by atoms with van der Waals surface area (Å²) in [5.41, 5.74) is 5.44. The Labute approximate surface area is 207 Å². The molecule has 7 heteroatoms. The van der Waals surface area contributed by atoms with Crippen LogP contribution in [0.25, 0.3) is 11.1 Å². The van der Waals surface area contributed by atoms with Crippen LogP contribution >= 0.6 is 0 Å². The van der Waals surface area contributed by atoms with Crippen molar-refractivity contribution in [3.63, 3.8) is 0 Å². The fraction of sp³-hybridized carbons (Fsp3) is 0.138. The Bertz CT molecular complexity index is 1490. The van der Waals surface area contributed by atoms with Gasteiger partial charge in [-0.05, 0) is 65.1 Å². The van der Waals surface area contributed by atoms with E-state index < -0.39 is 5.97 Å². The summed E-state index contributed by atoms with van der Waals surface area (Å²) in [4.78, 5) is 23.0. The van der Waals surface area contributed by atoms with E-state index in [1.165, 1.54) is 22.8 Å². The van der Waals surface area contributed by atoms with Crippen LogP contribution < -0.4 is 5.56 Å². The van der Waals surface area contributed by atoms with Gasteiger partial charge >= 0.3 is 5.97 Å². The van der Waals surface area contributed by atoms with Crippen LogP contribution in [-0.4, -0.2) is 26.6 Å². The van der Waals surface area contributed by atoms with Gasteiger partial charge in [-0.25, -0.2) is 9.18 Å². The minimum Gasteiger partial charge on any atom is -0.478 e. The third kappa shape index (κ3) is 5.25. The smallest absolute Gasteiger partial charge is 0.335 e. The fourth-order valence-electron chi connectivity index (χ4n) is 4.32. The van der Waals surface area contributed by atoms with Crippen molar-refractivity contribution in [2.75, 3.05) is 0 Å². The normalized spacial score (nSPS) is 12.4. The van der Waals surface area contributed by atoms with Crippen molar-refractivity contribution in [3.8, 4) is 11.1 Å². The molecular weight excluding hydrogens is 459 g/mol. The molecule has 1 unspecified atom stereocenters. The molecule has 1 atom stereocenters. The van der Waals surface area contributed by atoms with E-state index in [1.807, 2.05) is 31.2 Å². The number of hydrogen-bond acceptors (Lipinski definition) is 4. The summed E-state index contributed by atoms with van der Waals surface area (Å²) in [6.07, 6.45) is 1.93. The second-order valence-corrected chi connectivity index (χ2v) is 8.68. The number of oxime groups is 1. The van der Waals surface area contributed by atoms with Gasteiger partial charge in [0, 0.05) is 37.2 Å². The van der Waals surface area contributed by atoms with Gasteiger partial charge in [-0.2, -0.15) is 0 Å². The van der Waals surface area contributed by atoms with Crippen molar-refractivity contribution >= 4 is 11.7 Å². The monoisotopic (exact) mass is 484 g/mol. The summed E-state index contributed by atoms with van der Waals surface area (Å²) >= 11 is 0. The summed E-state index contributed by atoms with van der Waals surface area (Å²) < 4.78 is 15.3. The van der Waals surface area contributed by atoms with Gasteiger partial charge < -0.3 is 14.9 Å². The lowest BCUT2D eigenvalue weighted by Gasteiger charge is -2.21. The first-order chi connectivity index (χ1) is 17.3. The average Bonchev–Trinajstić information content (AvgIpc) is 2.87. The predicted molar refractivity (Wildman–Crippen MR) is 136 cm³/mol. The quantitative estimate of drug-likeness (QED) is 0.203. The Morgan fingerprint density at radius 2 is 1.56 bits per heavy atom.